The molecule has 0 bridgehead atoms. The number of nitrogens with one attached hydrogen (secondary N) is 1. The zero-order chi connectivity index (χ0) is 19.0. The van der Waals surface area contributed by atoms with Gasteiger partial charge in [0.25, 0.3) is 0 Å². The molecule has 4 N–H and O–H groups in total. The highest BCUT2D eigenvalue weighted by molar-refractivity contribution is 7.16. The van der Waals surface area contributed by atoms with Gasteiger partial charge in [-0.25, -0.2) is 4.79 Å². The number of rotatable bonds is 4. The van der Waals surface area contributed by atoms with Gasteiger partial charge < -0.3 is 34.5 Å². The van der Waals surface area contributed by atoms with Crippen molar-refractivity contribution in [3.05, 3.63) is 27.4 Å². The molecule has 2 aromatic rings. The molecule has 1 aromatic carbocycles. The molecule has 2 heterocycles. The predicted molar refractivity (Wildman–Crippen MR) is 91.1 cm³/mol. The largest absolute Gasteiger partial charge is 0.462 e. The van der Waals surface area contributed by atoms with Crippen molar-refractivity contribution in [1.29, 1.82) is 0 Å². The Balaban J connectivity index is 1.93. The van der Waals surface area contributed by atoms with E-state index in [1.807, 2.05) is 0 Å². The first kappa shape index (κ1) is 18.8. The molecule has 0 unspecified atom stereocenters. The van der Waals surface area contributed by atoms with Gasteiger partial charge in [-0.05, 0) is 19.1 Å². The van der Waals surface area contributed by atoms with Gasteiger partial charge in [-0.3, -0.25) is 4.79 Å². The number of benzene rings is 1. The molecule has 1 aromatic heterocycles. The SMILES string of the molecule is CC(=O)N[C@@H]1[C@H](Oc2ccc3oc(=O)sc3c2C)O[C@H](CO)[C@H](O)[C@H]1O. The fraction of sp³-hybridized carbons (Fsp3) is 0.500. The van der Waals surface area contributed by atoms with Crippen molar-refractivity contribution < 1.29 is 34.0 Å². The summed E-state index contributed by atoms with van der Waals surface area (Å²) in [5.41, 5.74) is 1.06. The van der Waals surface area contributed by atoms with Crippen LogP contribution in [0.1, 0.15) is 12.5 Å². The van der Waals surface area contributed by atoms with Crippen molar-refractivity contribution in [1.82, 2.24) is 5.32 Å². The smallest absolute Gasteiger partial charge is 0.396 e. The summed E-state index contributed by atoms with van der Waals surface area (Å²) >= 11 is 0.930. The van der Waals surface area contributed by atoms with E-state index in [1.165, 1.54) is 6.92 Å². The van der Waals surface area contributed by atoms with Crippen molar-refractivity contribution in [2.24, 2.45) is 0 Å². The molecule has 1 fully saturated rings. The molecular weight excluding hydrogens is 366 g/mol. The summed E-state index contributed by atoms with van der Waals surface area (Å²) in [4.78, 5) is 22.4. The maximum atomic E-state index is 11.4. The fourth-order valence-electron chi connectivity index (χ4n) is 2.87. The maximum absolute atomic E-state index is 11.4. The monoisotopic (exact) mass is 385 g/mol. The number of fused-ring (bicyclic) bond motifs is 1. The Hall–Kier alpha value is -1.98. The van der Waals surface area contributed by atoms with Crippen LogP contribution in [-0.4, -0.2) is 58.5 Å². The zero-order valence-corrected chi connectivity index (χ0v) is 14.9. The number of aliphatic hydroxyl groups is 3. The van der Waals surface area contributed by atoms with Crippen LogP contribution in [0.15, 0.2) is 21.3 Å². The van der Waals surface area contributed by atoms with Crippen molar-refractivity contribution in [2.45, 2.75) is 44.5 Å². The molecule has 1 amide bonds. The van der Waals surface area contributed by atoms with Crippen LogP contribution < -0.4 is 15.0 Å². The maximum Gasteiger partial charge on any atom is 0.396 e. The molecule has 0 saturated carbocycles. The highest BCUT2D eigenvalue weighted by Crippen LogP contribution is 2.32. The number of hydrogen-bond donors (Lipinski definition) is 4. The van der Waals surface area contributed by atoms with Crippen molar-refractivity contribution in [2.75, 3.05) is 6.61 Å². The molecule has 1 aliphatic rings. The second-order valence-corrected chi connectivity index (χ2v) is 6.97. The van der Waals surface area contributed by atoms with Gasteiger partial charge in [0.2, 0.25) is 12.2 Å². The average Bonchev–Trinajstić information content (AvgIpc) is 2.97. The summed E-state index contributed by atoms with van der Waals surface area (Å²) in [6.07, 6.45) is -5.02. The number of amides is 1. The lowest BCUT2D eigenvalue weighted by atomic mass is 9.97. The predicted octanol–water partition coefficient (Wildman–Crippen LogP) is -0.515. The molecule has 26 heavy (non-hydrogen) atoms. The summed E-state index contributed by atoms with van der Waals surface area (Å²) < 4.78 is 17.0. The van der Waals surface area contributed by atoms with Gasteiger partial charge in [0, 0.05) is 12.5 Å². The third-order valence-corrected chi connectivity index (χ3v) is 5.15. The molecule has 9 nitrogen and oxygen atoms in total. The normalized spacial score (nSPS) is 28.9. The first-order valence-corrected chi connectivity index (χ1v) is 8.73. The highest BCUT2D eigenvalue weighted by atomic mass is 32.1. The topological polar surface area (TPSA) is 138 Å². The molecule has 0 spiro atoms. The minimum absolute atomic E-state index is 0.357. The first-order valence-electron chi connectivity index (χ1n) is 7.91. The summed E-state index contributed by atoms with van der Waals surface area (Å²) in [5, 5.41) is 32.1. The van der Waals surface area contributed by atoms with E-state index in [1.54, 1.807) is 19.1 Å². The van der Waals surface area contributed by atoms with Crippen molar-refractivity contribution in [3.63, 3.8) is 0 Å². The molecular formula is C16H19NO8S. The lowest BCUT2D eigenvalue weighted by Gasteiger charge is -2.42. The van der Waals surface area contributed by atoms with E-state index in [2.05, 4.69) is 5.32 Å². The van der Waals surface area contributed by atoms with E-state index in [-0.39, 0.29) is 0 Å². The number of ether oxygens (including phenoxy) is 2. The Kier molecular flexibility index (Phi) is 5.30. The molecule has 10 heteroatoms. The summed E-state index contributed by atoms with van der Waals surface area (Å²) in [5.74, 6) is -0.0868. The molecule has 0 aliphatic carbocycles. The molecule has 142 valence electrons. The van der Waals surface area contributed by atoms with E-state index >= 15 is 0 Å². The first-order chi connectivity index (χ1) is 12.3. The second kappa shape index (κ2) is 7.33. The molecule has 0 radical (unpaired) electrons. The number of carbonyl (C=O) groups is 1. The van der Waals surface area contributed by atoms with Crippen LogP contribution in [-0.2, 0) is 9.53 Å². The number of aliphatic hydroxyl groups excluding tert-OH is 3. The van der Waals surface area contributed by atoms with Crippen LogP contribution >= 0.6 is 11.3 Å². The number of hydrogen-bond acceptors (Lipinski definition) is 9. The Morgan fingerprint density at radius 3 is 2.73 bits per heavy atom. The minimum atomic E-state index is -1.40. The summed E-state index contributed by atoms with van der Waals surface area (Å²) in [7, 11) is 0. The van der Waals surface area contributed by atoms with Crippen molar-refractivity contribution in [3.8, 4) is 5.75 Å². The standard InChI is InChI=1S/C16H19NO8S/c1-6-8(3-4-9-14(6)26-16(22)25-9)23-15-11(17-7(2)19)13(21)12(20)10(5-18)24-15/h3-4,10-13,15,18,20-21H,5H2,1-2H3,(H,17,19)/t10-,11+,12+,13+,15-/m1/s1. The molecule has 3 rings (SSSR count). The summed E-state index contributed by atoms with van der Waals surface area (Å²) in [6.45, 7) is 2.45. The van der Waals surface area contributed by atoms with E-state index < -0.39 is 48.1 Å². The van der Waals surface area contributed by atoms with Crippen LogP contribution in [0.2, 0.25) is 0 Å². The quantitative estimate of drug-likeness (QED) is 0.552. The number of aryl methyl sites for hydroxylation is 1. The second-order valence-electron chi connectivity index (χ2n) is 6.02. The third kappa shape index (κ3) is 3.46. The fourth-order valence-corrected chi connectivity index (χ4v) is 3.64. The highest BCUT2D eigenvalue weighted by Gasteiger charge is 2.46. The van der Waals surface area contributed by atoms with Crippen LogP contribution in [0, 0.1) is 6.92 Å². The van der Waals surface area contributed by atoms with Gasteiger partial charge in [-0.2, -0.15) is 0 Å². The average molecular weight is 385 g/mol. The molecule has 5 atom stereocenters. The Morgan fingerprint density at radius 2 is 2.08 bits per heavy atom. The lowest BCUT2D eigenvalue weighted by molar-refractivity contribution is -0.244. The van der Waals surface area contributed by atoms with Crippen LogP contribution in [0.3, 0.4) is 0 Å². The van der Waals surface area contributed by atoms with Gasteiger partial charge in [-0.15, -0.1) is 0 Å². The number of carbonyl (C=O) groups excluding carboxylic acids is 1. The Morgan fingerprint density at radius 1 is 1.35 bits per heavy atom. The van der Waals surface area contributed by atoms with Gasteiger partial charge in [0.15, 0.2) is 0 Å². The van der Waals surface area contributed by atoms with Crippen LogP contribution in [0.25, 0.3) is 10.3 Å². The van der Waals surface area contributed by atoms with E-state index in [9.17, 15) is 24.9 Å². The molecule has 1 saturated heterocycles. The van der Waals surface area contributed by atoms with Crippen LogP contribution in [0.4, 0.5) is 0 Å². The van der Waals surface area contributed by atoms with Crippen molar-refractivity contribution >= 4 is 27.5 Å². The lowest BCUT2D eigenvalue weighted by Crippen LogP contribution is -2.65. The van der Waals surface area contributed by atoms with Gasteiger partial charge in [0.05, 0.1) is 11.3 Å². The minimum Gasteiger partial charge on any atom is -0.462 e. The Bertz CT molecular complexity index is 862. The van der Waals surface area contributed by atoms with E-state index in [0.717, 1.165) is 11.3 Å². The summed E-state index contributed by atoms with van der Waals surface area (Å²) in [6, 6.07) is 2.09. The third-order valence-electron chi connectivity index (χ3n) is 4.19. The Labute approximate surface area is 151 Å². The molecule has 1 aliphatic heterocycles. The zero-order valence-electron chi connectivity index (χ0n) is 14.0. The van der Waals surface area contributed by atoms with Gasteiger partial charge >= 0.3 is 4.94 Å². The van der Waals surface area contributed by atoms with Crippen LogP contribution in [0.5, 0.6) is 5.75 Å². The van der Waals surface area contributed by atoms with E-state index in [0.29, 0.717) is 21.6 Å². The van der Waals surface area contributed by atoms with Gasteiger partial charge in [-0.1, -0.05) is 11.3 Å². The van der Waals surface area contributed by atoms with E-state index in [4.69, 9.17) is 13.9 Å². The van der Waals surface area contributed by atoms with Gasteiger partial charge in [0.1, 0.15) is 35.7 Å².